The fourth-order valence-electron chi connectivity index (χ4n) is 4.80. The lowest BCUT2D eigenvalue weighted by atomic mass is 9.77. The third kappa shape index (κ3) is 2.69. The summed E-state index contributed by atoms with van der Waals surface area (Å²) in [5.41, 5.74) is 6.44. The van der Waals surface area contributed by atoms with Crippen LogP contribution in [-0.2, 0) is 5.41 Å². The van der Waals surface area contributed by atoms with E-state index in [9.17, 15) is 0 Å². The first-order valence-corrected chi connectivity index (χ1v) is 10.3. The molecule has 0 fully saturated rings. The highest BCUT2D eigenvalue weighted by Crippen LogP contribution is 2.52. The smallest absolute Gasteiger partial charge is 0.124 e. The summed E-state index contributed by atoms with van der Waals surface area (Å²) in [6.45, 7) is 5.12. The van der Waals surface area contributed by atoms with Crippen molar-refractivity contribution in [3.8, 4) is 16.9 Å². The second kappa shape index (κ2) is 6.97. The average Bonchev–Trinajstić information content (AvgIpc) is 3.28. The molecular formula is C25H26N2O. The van der Waals surface area contributed by atoms with Gasteiger partial charge in [0.2, 0.25) is 0 Å². The summed E-state index contributed by atoms with van der Waals surface area (Å²) in [7, 11) is 0. The summed E-state index contributed by atoms with van der Waals surface area (Å²) >= 11 is 0. The average molecular weight is 370 g/mol. The van der Waals surface area contributed by atoms with Crippen LogP contribution in [0, 0.1) is 0 Å². The molecule has 0 radical (unpaired) electrons. The zero-order valence-corrected chi connectivity index (χ0v) is 16.4. The van der Waals surface area contributed by atoms with Gasteiger partial charge >= 0.3 is 0 Å². The van der Waals surface area contributed by atoms with Crippen molar-refractivity contribution in [3.63, 3.8) is 0 Å². The largest absolute Gasteiger partial charge is 0.492 e. The first kappa shape index (κ1) is 17.3. The SMILES string of the molecule is CCCCCN1CC2(COc3cc(-c4ccncc4)ccc32)c2ccccc21. The number of anilines is 1. The molecule has 2 aromatic carbocycles. The van der Waals surface area contributed by atoms with Crippen LogP contribution in [0.25, 0.3) is 11.1 Å². The molecule has 3 heteroatoms. The Labute approximate surface area is 167 Å². The minimum atomic E-state index is -0.0467. The molecule has 3 heterocycles. The van der Waals surface area contributed by atoms with E-state index in [4.69, 9.17) is 4.74 Å². The number of unbranched alkanes of at least 4 members (excludes halogenated alkanes) is 2. The van der Waals surface area contributed by atoms with Gasteiger partial charge in [0.1, 0.15) is 12.4 Å². The summed E-state index contributed by atoms with van der Waals surface area (Å²) in [6, 6.07) is 19.7. The molecule has 28 heavy (non-hydrogen) atoms. The quantitative estimate of drug-likeness (QED) is 0.559. The molecule has 2 aliphatic rings. The molecule has 0 amide bonds. The Morgan fingerprint density at radius 1 is 0.964 bits per heavy atom. The molecule has 5 rings (SSSR count). The minimum absolute atomic E-state index is 0.0467. The van der Waals surface area contributed by atoms with Crippen LogP contribution in [0.15, 0.2) is 67.0 Å². The van der Waals surface area contributed by atoms with Crippen LogP contribution in [0.5, 0.6) is 5.75 Å². The minimum Gasteiger partial charge on any atom is -0.492 e. The van der Waals surface area contributed by atoms with Crippen LogP contribution in [0.4, 0.5) is 5.69 Å². The van der Waals surface area contributed by atoms with E-state index in [1.807, 2.05) is 24.5 Å². The predicted octanol–water partition coefficient (Wildman–Crippen LogP) is 5.44. The summed E-state index contributed by atoms with van der Waals surface area (Å²) in [4.78, 5) is 6.70. The van der Waals surface area contributed by atoms with Crippen molar-refractivity contribution in [2.75, 3.05) is 24.6 Å². The van der Waals surface area contributed by atoms with E-state index in [2.05, 4.69) is 59.3 Å². The van der Waals surface area contributed by atoms with E-state index < -0.39 is 0 Å². The van der Waals surface area contributed by atoms with Crippen LogP contribution in [0.3, 0.4) is 0 Å². The van der Waals surface area contributed by atoms with Crippen molar-refractivity contribution in [3.05, 3.63) is 78.1 Å². The molecule has 0 bridgehead atoms. The number of pyridine rings is 1. The highest BCUT2D eigenvalue weighted by molar-refractivity contribution is 5.72. The molecular weight excluding hydrogens is 344 g/mol. The fourth-order valence-corrected chi connectivity index (χ4v) is 4.80. The monoisotopic (exact) mass is 370 g/mol. The second-order valence-corrected chi connectivity index (χ2v) is 7.96. The van der Waals surface area contributed by atoms with Gasteiger partial charge in [0, 0.05) is 36.7 Å². The van der Waals surface area contributed by atoms with Crippen LogP contribution in [-0.4, -0.2) is 24.7 Å². The molecule has 2 aliphatic heterocycles. The van der Waals surface area contributed by atoms with Crippen molar-refractivity contribution < 1.29 is 4.74 Å². The Balaban J connectivity index is 1.53. The first-order chi connectivity index (χ1) is 13.8. The number of ether oxygens (including phenoxy) is 1. The first-order valence-electron chi connectivity index (χ1n) is 10.3. The number of hydrogen-bond donors (Lipinski definition) is 0. The number of aromatic nitrogens is 1. The van der Waals surface area contributed by atoms with E-state index >= 15 is 0 Å². The highest BCUT2D eigenvalue weighted by Gasteiger charge is 2.49. The van der Waals surface area contributed by atoms with Gasteiger partial charge in [-0.3, -0.25) is 4.98 Å². The summed E-state index contributed by atoms with van der Waals surface area (Å²) in [5.74, 6) is 1.03. The van der Waals surface area contributed by atoms with Crippen LogP contribution >= 0.6 is 0 Å². The van der Waals surface area contributed by atoms with Crippen molar-refractivity contribution in [2.24, 2.45) is 0 Å². The number of rotatable bonds is 5. The van der Waals surface area contributed by atoms with Crippen LogP contribution in [0.1, 0.15) is 37.3 Å². The van der Waals surface area contributed by atoms with Crippen molar-refractivity contribution >= 4 is 5.69 Å². The summed E-state index contributed by atoms with van der Waals surface area (Å²) < 4.78 is 6.29. The Morgan fingerprint density at radius 3 is 2.68 bits per heavy atom. The predicted molar refractivity (Wildman–Crippen MR) is 114 cm³/mol. The third-order valence-electron chi connectivity index (χ3n) is 6.24. The molecule has 3 nitrogen and oxygen atoms in total. The highest BCUT2D eigenvalue weighted by atomic mass is 16.5. The lowest BCUT2D eigenvalue weighted by molar-refractivity contribution is 0.299. The maximum Gasteiger partial charge on any atom is 0.124 e. The van der Waals surface area contributed by atoms with Gasteiger partial charge in [-0.2, -0.15) is 0 Å². The molecule has 0 saturated carbocycles. The Bertz CT molecular complexity index is 985. The fraction of sp³-hybridized carbons (Fsp3) is 0.320. The van der Waals surface area contributed by atoms with Gasteiger partial charge in [-0.15, -0.1) is 0 Å². The number of hydrogen-bond acceptors (Lipinski definition) is 3. The van der Waals surface area contributed by atoms with E-state index in [-0.39, 0.29) is 5.41 Å². The zero-order chi connectivity index (χ0) is 19.0. The Hall–Kier alpha value is -2.81. The summed E-state index contributed by atoms with van der Waals surface area (Å²) in [6.07, 6.45) is 7.46. The molecule has 1 aromatic heterocycles. The van der Waals surface area contributed by atoms with Crippen LogP contribution in [0.2, 0.25) is 0 Å². The molecule has 0 aliphatic carbocycles. The van der Waals surface area contributed by atoms with Gasteiger partial charge < -0.3 is 9.64 Å². The van der Waals surface area contributed by atoms with Gasteiger partial charge in [-0.1, -0.05) is 50.1 Å². The topological polar surface area (TPSA) is 25.4 Å². The molecule has 1 atom stereocenters. The molecule has 1 spiro atoms. The summed E-state index contributed by atoms with van der Waals surface area (Å²) in [5, 5.41) is 0. The third-order valence-corrected chi connectivity index (χ3v) is 6.24. The van der Waals surface area contributed by atoms with Gasteiger partial charge in [-0.25, -0.2) is 0 Å². The number of benzene rings is 2. The maximum absolute atomic E-state index is 6.29. The molecule has 3 aromatic rings. The normalized spacial score (nSPS) is 19.5. The standard InChI is InChI=1S/C25H26N2O/c1-2-3-6-15-27-17-25(21-7-4-5-8-23(21)27)18-28-24-16-20(9-10-22(24)25)19-11-13-26-14-12-19/h4-5,7-14,16H,2-3,6,15,17-18H2,1H3. The van der Waals surface area contributed by atoms with Crippen LogP contribution < -0.4 is 9.64 Å². The molecule has 1 unspecified atom stereocenters. The van der Waals surface area contributed by atoms with Crippen molar-refractivity contribution in [1.82, 2.24) is 4.98 Å². The number of para-hydroxylation sites is 1. The van der Waals surface area contributed by atoms with Gasteiger partial charge in [0.25, 0.3) is 0 Å². The molecule has 142 valence electrons. The zero-order valence-electron chi connectivity index (χ0n) is 16.4. The van der Waals surface area contributed by atoms with E-state index in [0.29, 0.717) is 0 Å². The van der Waals surface area contributed by atoms with Crippen molar-refractivity contribution in [2.45, 2.75) is 31.6 Å². The molecule has 0 saturated heterocycles. The van der Waals surface area contributed by atoms with E-state index in [0.717, 1.165) is 25.4 Å². The molecule has 0 N–H and O–H groups in total. The Kier molecular flexibility index (Phi) is 4.31. The number of fused-ring (bicyclic) bond motifs is 4. The van der Waals surface area contributed by atoms with Crippen molar-refractivity contribution in [1.29, 1.82) is 0 Å². The Morgan fingerprint density at radius 2 is 1.82 bits per heavy atom. The van der Waals surface area contributed by atoms with E-state index in [1.54, 1.807) is 0 Å². The lowest BCUT2D eigenvalue weighted by Gasteiger charge is -2.25. The maximum atomic E-state index is 6.29. The number of nitrogens with zero attached hydrogens (tertiary/aromatic N) is 2. The van der Waals surface area contributed by atoms with Gasteiger partial charge in [-0.05, 0) is 47.4 Å². The second-order valence-electron chi connectivity index (χ2n) is 7.96. The van der Waals surface area contributed by atoms with E-state index in [1.165, 1.54) is 47.2 Å². The van der Waals surface area contributed by atoms with Gasteiger partial charge in [0.15, 0.2) is 0 Å². The lowest BCUT2D eigenvalue weighted by Crippen LogP contribution is -2.36. The van der Waals surface area contributed by atoms with Gasteiger partial charge in [0.05, 0.1) is 5.41 Å².